The number of hydrogen-bond acceptors (Lipinski definition) is 4. The number of benzene rings is 1. The molecule has 6 heteroatoms. The topological polar surface area (TPSA) is 81.4 Å². The predicted molar refractivity (Wildman–Crippen MR) is 84.0 cm³/mol. The fourth-order valence-electron chi connectivity index (χ4n) is 1.88. The minimum Gasteiger partial charge on any atom is -0.469 e. The largest absolute Gasteiger partial charge is 0.469 e. The zero-order chi connectivity index (χ0) is 15.1. The van der Waals surface area contributed by atoms with Gasteiger partial charge in [0.2, 0.25) is 5.91 Å². The van der Waals surface area contributed by atoms with Crippen LogP contribution >= 0.6 is 12.4 Å². The van der Waals surface area contributed by atoms with Gasteiger partial charge in [-0.3, -0.25) is 9.59 Å². The Morgan fingerprint density at radius 2 is 1.81 bits per heavy atom. The van der Waals surface area contributed by atoms with Crippen LogP contribution in [0.5, 0.6) is 0 Å². The molecule has 3 unspecified atom stereocenters. The molecule has 5 nitrogen and oxygen atoms in total. The van der Waals surface area contributed by atoms with E-state index in [1.54, 1.807) is 13.8 Å². The standard InChI is InChI=1S/C15H22N2O3.ClH/c1-10(9-16)14(18)17-13(11(2)15(19)20-3)12-7-5-4-6-8-12;/h4-8,10-11,13H,9,16H2,1-3H3,(H,17,18);1H. The molecule has 1 amide bonds. The first kappa shape index (κ1) is 19.4. The number of halogens is 1. The van der Waals surface area contributed by atoms with Crippen LogP contribution in [0.4, 0.5) is 0 Å². The lowest BCUT2D eigenvalue weighted by Crippen LogP contribution is -2.40. The molecule has 1 aromatic carbocycles. The molecule has 0 fully saturated rings. The normalized spacial score (nSPS) is 14.3. The van der Waals surface area contributed by atoms with Crippen molar-refractivity contribution in [2.24, 2.45) is 17.6 Å². The van der Waals surface area contributed by atoms with E-state index in [9.17, 15) is 9.59 Å². The molecule has 1 rings (SSSR count). The van der Waals surface area contributed by atoms with Gasteiger partial charge >= 0.3 is 5.97 Å². The molecule has 118 valence electrons. The van der Waals surface area contributed by atoms with Crippen molar-refractivity contribution in [1.82, 2.24) is 5.32 Å². The number of hydrogen-bond donors (Lipinski definition) is 2. The highest BCUT2D eigenvalue weighted by Gasteiger charge is 2.28. The summed E-state index contributed by atoms with van der Waals surface area (Å²) in [6.07, 6.45) is 0. The molecule has 3 atom stereocenters. The third kappa shape index (κ3) is 5.36. The monoisotopic (exact) mass is 314 g/mol. The van der Waals surface area contributed by atoms with E-state index in [4.69, 9.17) is 10.5 Å². The van der Waals surface area contributed by atoms with Crippen molar-refractivity contribution in [1.29, 1.82) is 0 Å². The van der Waals surface area contributed by atoms with Crippen molar-refractivity contribution >= 4 is 24.3 Å². The number of ether oxygens (including phenoxy) is 1. The van der Waals surface area contributed by atoms with Crippen LogP contribution in [0.15, 0.2) is 30.3 Å². The molecule has 0 aliphatic carbocycles. The number of amides is 1. The Labute approximate surface area is 131 Å². The van der Waals surface area contributed by atoms with E-state index in [2.05, 4.69) is 5.32 Å². The summed E-state index contributed by atoms with van der Waals surface area (Å²) in [4.78, 5) is 23.8. The molecule has 3 N–H and O–H groups in total. The van der Waals surface area contributed by atoms with E-state index in [0.717, 1.165) is 5.56 Å². The van der Waals surface area contributed by atoms with Crippen LogP contribution in [0.2, 0.25) is 0 Å². The molecule has 0 heterocycles. The smallest absolute Gasteiger partial charge is 0.310 e. The summed E-state index contributed by atoms with van der Waals surface area (Å²) < 4.78 is 4.77. The lowest BCUT2D eigenvalue weighted by atomic mass is 9.93. The average molecular weight is 315 g/mol. The van der Waals surface area contributed by atoms with Crippen LogP contribution in [0.3, 0.4) is 0 Å². The Bertz CT molecular complexity index is 453. The van der Waals surface area contributed by atoms with Crippen LogP contribution in [0, 0.1) is 11.8 Å². The predicted octanol–water partition coefficient (Wildman–Crippen LogP) is 1.67. The molecule has 0 aromatic heterocycles. The van der Waals surface area contributed by atoms with E-state index in [1.807, 2.05) is 30.3 Å². The number of rotatable bonds is 6. The lowest BCUT2D eigenvalue weighted by Gasteiger charge is -2.25. The highest BCUT2D eigenvalue weighted by Crippen LogP contribution is 2.23. The summed E-state index contributed by atoms with van der Waals surface area (Å²) in [5.41, 5.74) is 6.36. The van der Waals surface area contributed by atoms with Gasteiger partial charge in [-0.1, -0.05) is 37.3 Å². The van der Waals surface area contributed by atoms with E-state index >= 15 is 0 Å². The van der Waals surface area contributed by atoms with E-state index in [0.29, 0.717) is 0 Å². The first-order valence-electron chi connectivity index (χ1n) is 6.64. The first-order valence-corrected chi connectivity index (χ1v) is 6.64. The third-order valence-corrected chi connectivity index (χ3v) is 3.33. The summed E-state index contributed by atoms with van der Waals surface area (Å²) in [6, 6.07) is 8.93. The molecule has 0 aliphatic heterocycles. The van der Waals surface area contributed by atoms with Gasteiger partial charge < -0.3 is 15.8 Å². The number of carbonyl (C=O) groups is 2. The van der Waals surface area contributed by atoms with Gasteiger partial charge in [-0.2, -0.15) is 0 Å². The fourth-order valence-corrected chi connectivity index (χ4v) is 1.88. The highest BCUT2D eigenvalue weighted by atomic mass is 35.5. The SMILES string of the molecule is COC(=O)C(C)C(NC(=O)C(C)CN)c1ccccc1.Cl. The summed E-state index contributed by atoms with van der Waals surface area (Å²) >= 11 is 0. The third-order valence-electron chi connectivity index (χ3n) is 3.33. The number of carbonyl (C=O) groups excluding carboxylic acids is 2. The van der Waals surface area contributed by atoms with Gasteiger partial charge in [-0.05, 0) is 12.5 Å². The van der Waals surface area contributed by atoms with Gasteiger partial charge in [0.25, 0.3) is 0 Å². The minimum atomic E-state index is -0.476. The Morgan fingerprint density at radius 1 is 1.24 bits per heavy atom. The van der Waals surface area contributed by atoms with Gasteiger partial charge in [0, 0.05) is 12.5 Å². The van der Waals surface area contributed by atoms with E-state index in [-0.39, 0.29) is 36.7 Å². The zero-order valence-electron chi connectivity index (χ0n) is 12.5. The first-order chi connectivity index (χ1) is 9.51. The van der Waals surface area contributed by atoms with Crippen molar-refractivity contribution in [3.05, 3.63) is 35.9 Å². The summed E-state index contributed by atoms with van der Waals surface area (Å²) in [7, 11) is 1.34. The molecule has 0 saturated heterocycles. The summed E-state index contributed by atoms with van der Waals surface area (Å²) in [5, 5.41) is 2.88. The molecule has 21 heavy (non-hydrogen) atoms. The number of nitrogens with one attached hydrogen (secondary N) is 1. The molecular formula is C15H23ClN2O3. The molecule has 0 aliphatic rings. The lowest BCUT2D eigenvalue weighted by molar-refractivity contribution is -0.146. The average Bonchev–Trinajstić information content (AvgIpc) is 2.50. The Kier molecular flexibility index (Phi) is 8.66. The van der Waals surface area contributed by atoms with E-state index < -0.39 is 12.0 Å². The van der Waals surface area contributed by atoms with Gasteiger partial charge in [0.05, 0.1) is 19.1 Å². The van der Waals surface area contributed by atoms with Crippen LogP contribution in [-0.4, -0.2) is 25.5 Å². The molecule has 0 spiro atoms. The van der Waals surface area contributed by atoms with Crippen molar-refractivity contribution in [3.8, 4) is 0 Å². The zero-order valence-corrected chi connectivity index (χ0v) is 13.4. The molecule has 0 bridgehead atoms. The van der Waals surface area contributed by atoms with Crippen LogP contribution < -0.4 is 11.1 Å². The van der Waals surface area contributed by atoms with Gasteiger partial charge in [0.1, 0.15) is 0 Å². The summed E-state index contributed by atoms with van der Waals surface area (Å²) in [6.45, 7) is 3.75. The van der Waals surface area contributed by atoms with Crippen LogP contribution in [-0.2, 0) is 14.3 Å². The summed E-state index contributed by atoms with van der Waals surface area (Å²) in [5.74, 6) is -1.31. The van der Waals surface area contributed by atoms with Crippen molar-refractivity contribution in [2.75, 3.05) is 13.7 Å². The van der Waals surface area contributed by atoms with Gasteiger partial charge in [0.15, 0.2) is 0 Å². The molecule has 1 aromatic rings. The second-order valence-electron chi connectivity index (χ2n) is 4.85. The highest BCUT2D eigenvalue weighted by molar-refractivity contribution is 5.85. The van der Waals surface area contributed by atoms with Crippen molar-refractivity contribution < 1.29 is 14.3 Å². The number of nitrogens with two attached hydrogens (primary N) is 1. The Balaban J connectivity index is 0.00000400. The second-order valence-corrected chi connectivity index (χ2v) is 4.85. The molecule has 0 saturated carbocycles. The van der Waals surface area contributed by atoms with Crippen molar-refractivity contribution in [3.63, 3.8) is 0 Å². The fraction of sp³-hybridized carbons (Fsp3) is 0.467. The maximum atomic E-state index is 12.0. The minimum absolute atomic E-state index is 0. The van der Waals surface area contributed by atoms with Crippen LogP contribution in [0.25, 0.3) is 0 Å². The maximum absolute atomic E-state index is 12.0. The van der Waals surface area contributed by atoms with Crippen LogP contribution in [0.1, 0.15) is 25.5 Å². The quantitative estimate of drug-likeness (QED) is 0.783. The van der Waals surface area contributed by atoms with Gasteiger partial charge in [-0.15, -0.1) is 12.4 Å². The molecule has 0 radical (unpaired) electrons. The number of methoxy groups -OCH3 is 1. The second kappa shape index (κ2) is 9.37. The maximum Gasteiger partial charge on any atom is 0.310 e. The number of esters is 1. The van der Waals surface area contributed by atoms with Gasteiger partial charge in [-0.25, -0.2) is 0 Å². The Morgan fingerprint density at radius 3 is 2.29 bits per heavy atom. The molecular weight excluding hydrogens is 292 g/mol. The van der Waals surface area contributed by atoms with Crippen molar-refractivity contribution in [2.45, 2.75) is 19.9 Å². The Hall–Kier alpha value is -1.59. The van der Waals surface area contributed by atoms with E-state index in [1.165, 1.54) is 7.11 Å².